The lowest BCUT2D eigenvalue weighted by molar-refractivity contribution is -0.930. The minimum absolute atomic E-state index is 0.160. The average molecular weight is 652 g/mol. The van der Waals surface area contributed by atoms with Gasteiger partial charge in [-0.2, -0.15) is 0 Å². The molecule has 2 N–H and O–H groups in total. The highest BCUT2D eigenvalue weighted by Gasteiger charge is 2.54. The van der Waals surface area contributed by atoms with E-state index in [4.69, 9.17) is 0 Å². The first kappa shape index (κ1) is 44.1. The van der Waals surface area contributed by atoms with Crippen molar-refractivity contribution in [1.29, 1.82) is 0 Å². The van der Waals surface area contributed by atoms with Crippen LogP contribution in [0, 0.1) is 0 Å². The molecule has 0 aliphatic heterocycles. The van der Waals surface area contributed by atoms with E-state index >= 15 is 0 Å². The van der Waals surface area contributed by atoms with Gasteiger partial charge in [-0.3, -0.25) is 4.48 Å². The molecule has 0 saturated carbocycles. The normalized spacial score (nSPS) is 15.0. The average Bonchev–Trinajstić information content (AvgIpc) is 3.02. The molecule has 3 unspecified atom stereocenters. The molecule has 0 aliphatic carbocycles. The molecule has 0 aromatic carbocycles. The minimum Gasteiger partial charge on any atom is -0.544 e. The SMILES string of the molecule is CCCCCCCCCCCCCCCCCCCCCC/C=C/[N+](C(CCC)C(=O)[O-])(C(CCC)C(=O)O)C(CCC)C(=O)O. The number of carbonyl (C=O) groups is 3. The third kappa shape index (κ3) is 18.4. The van der Waals surface area contributed by atoms with Crippen molar-refractivity contribution in [2.24, 2.45) is 0 Å². The van der Waals surface area contributed by atoms with Crippen LogP contribution in [0.25, 0.3) is 0 Å². The quantitative estimate of drug-likeness (QED) is 0.0529. The second-order valence-corrected chi connectivity index (χ2v) is 13.7. The topological polar surface area (TPSA) is 115 Å². The van der Waals surface area contributed by atoms with Crippen LogP contribution >= 0.6 is 0 Å². The highest BCUT2D eigenvalue weighted by molar-refractivity contribution is 5.77. The van der Waals surface area contributed by atoms with Gasteiger partial charge in [-0.15, -0.1) is 0 Å². The third-order valence-electron chi connectivity index (χ3n) is 9.74. The first-order valence-electron chi connectivity index (χ1n) is 19.5. The van der Waals surface area contributed by atoms with E-state index in [1.807, 2.05) is 26.8 Å². The van der Waals surface area contributed by atoms with Crippen LogP contribution in [0.3, 0.4) is 0 Å². The molecule has 0 aliphatic rings. The number of unbranched alkanes of at least 4 members (excludes halogenated alkanes) is 20. The molecule has 0 amide bonds. The van der Waals surface area contributed by atoms with Crippen LogP contribution in [0.5, 0.6) is 0 Å². The fourth-order valence-corrected chi connectivity index (χ4v) is 7.16. The summed E-state index contributed by atoms with van der Waals surface area (Å²) in [7, 11) is 0. The Kier molecular flexibility index (Phi) is 28.1. The Bertz CT molecular complexity index is 738. The van der Waals surface area contributed by atoms with Crippen LogP contribution in [0.4, 0.5) is 0 Å². The van der Waals surface area contributed by atoms with E-state index in [1.54, 1.807) is 6.20 Å². The first-order valence-corrected chi connectivity index (χ1v) is 19.5. The lowest BCUT2D eigenvalue weighted by Gasteiger charge is -2.49. The zero-order valence-corrected chi connectivity index (χ0v) is 30.5. The first-order chi connectivity index (χ1) is 22.2. The Labute approximate surface area is 283 Å². The molecule has 7 heteroatoms. The summed E-state index contributed by atoms with van der Waals surface area (Å²) in [6.45, 7) is 7.79. The number of carboxylic acids is 3. The molecular weight excluding hydrogens is 578 g/mol. The summed E-state index contributed by atoms with van der Waals surface area (Å²) in [6.07, 6.45) is 32.5. The van der Waals surface area contributed by atoms with E-state index in [9.17, 15) is 29.7 Å². The zero-order valence-electron chi connectivity index (χ0n) is 30.5. The van der Waals surface area contributed by atoms with E-state index in [0.717, 1.165) is 19.3 Å². The molecule has 0 rings (SSSR count). The van der Waals surface area contributed by atoms with Crippen molar-refractivity contribution in [2.45, 2.75) is 219 Å². The highest BCUT2D eigenvalue weighted by Crippen LogP contribution is 2.34. The van der Waals surface area contributed by atoms with Crippen LogP contribution in [-0.2, 0) is 14.4 Å². The number of carboxylic acid groups (broad SMARTS) is 3. The van der Waals surface area contributed by atoms with Gasteiger partial charge in [0.05, 0.1) is 12.2 Å². The zero-order chi connectivity index (χ0) is 34.5. The molecule has 46 heavy (non-hydrogen) atoms. The smallest absolute Gasteiger partial charge is 0.363 e. The van der Waals surface area contributed by atoms with Gasteiger partial charge in [0.1, 0.15) is 6.04 Å². The van der Waals surface area contributed by atoms with Gasteiger partial charge < -0.3 is 20.1 Å². The summed E-state index contributed by atoms with van der Waals surface area (Å²) in [5, 5.41) is 33.0. The van der Waals surface area contributed by atoms with Crippen molar-refractivity contribution >= 4 is 17.9 Å². The van der Waals surface area contributed by atoms with Crippen LogP contribution in [0.2, 0.25) is 0 Å². The van der Waals surface area contributed by atoms with Gasteiger partial charge in [-0.25, -0.2) is 9.59 Å². The van der Waals surface area contributed by atoms with Gasteiger partial charge in [0, 0.05) is 19.3 Å². The van der Waals surface area contributed by atoms with Crippen molar-refractivity contribution in [3.8, 4) is 0 Å². The van der Waals surface area contributed by atoms with Crippen molar-refractivity contribution in [3.05, 3.63) is 12.3 Å². The van der Waals surface area contributed by atoms with Gasteiger partial charge in [-0.1, -0.05) is 156 Å². The Morgan fingerprint density at radius 1 is 0.500 bits per heavy atom. The Hall–Kier alpha value is -1.89. The van der Waals surface area contributed by atoms with Gasteiger partial charge >= 0.3 is 11.9 Å². The van der Waals surface area contributed by atoms with Crippen LogP contribution in [0.15, 0.2) is 12.3 Å². The number of allylic oxidation sites excluding steroid dienone is 1. The molecule has 0 aromatic rings. The van der Waals surface area contributed by atoms with Crippen molar-refractivity contribution in [3.63, 3.8) is 0 Å². The van der Waals surface area contributed by atoms with Crippen molar-refractivity contribution < 1.29 is 34.2 Å². The monoisotopic (exact) mass is 652 g/mol. The fraction of sp³-hybridized carbons (Fsp3) is 0.872. The Morgan fingerprint density at radius 2 is 0.804 bits per heavy atom. The van der Waals surface area contributed by atoms with E-state index in [2.05, 4.69) is 6.92 Å². The lowest BCUT2D eigenvalue weighted by atomic mass is 9.93. The molecule has 7 nitrogen and oxygen atoms in total. The fourth-order valence-electron chi connectivity index (χ4n) is 7.16. The number of quaternary nitrogens is 1. The number of carbonyl (C=O) groups excluding carboxylic acids is 1. The summed E-state index contributed by atoms with van der Waals surface area (Å²) in [4.78, 5) is 37.6. The maximum atomic E-state index is 12.6. The summed E-state index contributed by atoms with van der Waals surface area (Å²) in [5.74, 6) is -3.69. The summed E-state index contributed by atoms with van der Waals surface area (Å²) in [5.41, 5.74) is 0. The lowest BCUT2D eigenvalue weighted by Crippen LogP contribution is -2.71. The number of nitrogens with zero attached hydrogens (tertiary/aromatic N) is 1. The number of rotatable bonds is 34. The van der Waals surface area contributed by atoms with E-state index < -0.39 is 40.5 Å². The molecule has 0 spiro atoms. The maximum Gasteiger partial charge on any atom is 0.363 e. The van der Waals surface area contributed by atoms with E-state index in [0.29, 0.717) is 25.7 Å². The Balaban J connectivity index is 4.65. The minimum atomic E-state index is -1.38. The van der Waals surface area contributed by atoms with Crippen LogP contribution < -0.4 is 5.11 Å². The van der Waals surface area contributed by atoms with Gasteiger partial charge in [0.2, 0.25) is 0 Å². The predicted octanol–water partition coefficient (Wildman–Crippen LogP) is 9.95. The maximum absolute atomic E-state index is 12.6. The molecule has 0 aromatic heterocycles. The molecule has 0 bridgehead atoms. The van der Waals surface area contributed by atoms with Crippen LogP contribution in [-0.4, -0.2) is 50.7 Å². The van der Waals surface area contributed by atoms with Gasteiger partial charge in [0.25, 0.3) is 0 Å². The number of aliphatic carboxylic acids is 3. The summed E-state index contributed by atoms with van der Waals surface area (Å²) in [6, 6.07) is -3.58. The van der Waals surface area contributed by atoms with Crippen LogP contribution in [0.1, 0.15) is 201 Å². The molecular formula is C39H73NO6. The highest BCUT2D eigenvalue weighted by atomic mass is 16.4. The molecule has 0 fully saturated rings. The third-order valence-corrected chi connectivity index (χ3v) is 9.74. The van der Waals surface area contributed by atoms with E-state index in [-0.39, 0.29) is 19.3 Å². The molecule has 0 radical (unpaired) electrons. The standard InChI is InChI=1S/C39H73NO6/c1-5-9-10-11-12-13-14-15-16-17-18-19-20-21-22-23-24-25-26-27-28-29-33-40(34(30-6-2)37(41)42,35(31-7-3)38(43)44)36(32-8-4)39(45)46/h29,33-36H,5-28,30-32H2,1-4H3,(H2-,41,42,43,44,45,46)/b33-29+. The molecule has 0 heterocycles. The molecule has 3 atom stereocenters. The van der Waals surface area contributed by atoms with Gasteiger partial charge in [-0.05, 0) is 31.8 Å². The second-order valence-electron chi connectivity index (χ2n) is 13.7. The molecule has 270 valence electrons. The molecule has 0 saturated heterocycles. The summed E-state index contributed by atoms with van der Waals surface area (Å²) >= 11 is 0. The van der Waals surface area contributed by atoms with Gasteiger partial charge in [0.15, 0.2) is 12.1 Å². The Morgan fingerprint density at radius 3 is 1.09 bits per heavy atom. The largest absolute Gasteiger partial charge is 0.544 e. The van der Waals surface area contributed by atoms with Crippen molar-refractivity contribution in [2.75, 3.05) is 0 Å². The number of hydrogen-bond acceptors (Lipinski definition) is 4. The predicted molar refractivity (Wildman–Crippen MR) is 188 cm³/mol. The van der Waals surface area contributed by atoms with E-state index in [1.165, 1.54) is 109 Å². The van der Waals surface area contributed by atoms with Crippen molar-refractivity contribution in [1.82, 2.24) is 0 Å². The second kappa shape index (κ2) is 29.3. The summed E-state index contributed by atoms with van der Waals surface area (Å²) < 4.78 is -0.609. The number of hydrogen-bond donors (Lipinski definition) is 2.